The molecule has 3 aliphatic heterocycles. The van der Waals surface area contributed by atoms with E-state index >= 15 is 0 Å². The van der Waals surface area contributed by atoms with Crippen LogP contribution in [0.1, 0.15) is 12.8 Å². The summed E-state index contributed by atoms with van der Waals surface area (Å²) in [5.41, 5.74) is 3.73. The van der Waals surface area contributed by atoms with Crippen LogP contribution in [0, 0.1) is 5.92 Å². The number of carbonyl (C=O) groups excluding carboxylic acids is 1. The van der Waals surface area contributed by atoms with Crippen molar-refractivity contribution in [3.8, 4) is 0 Å². The van der Waals surface area contributed by atoms with Gasteiger partial charge in [0.15, 0.2) is 7.14 Å². The third-order valence-corrected chi connectivity index (χ3v) is 8.48. The molecule has 0 spiro atoms. The lowest BCUT2D eigenvalue weighted by Crippen LogP contribution is -2.48. The van der Waals surface area contributed by atoms with Gasteiger partial charge in [-0.05, 0) is 25.9 Å². The average molecular weight is 381 g/mol. The molecule has 5 rings (SSSR count). The van der Waals surface area contributed by atoms with Crippen LogP contribution < -0.4 is 16.0 Å². The van der Waals surface area contributed by atoms with E-state index in [1.807, 2.05) is 60.7 Å². The number of benzene rings is 2. The molecule has 2 aromatic rings. The molecule has 0 aliphatic carbocycles. The third kappa shape index (κ3) is 3.90. The third-order valence-electron chi connectivity index (χ3n) is 5.48. The second kappa shape index (κ2) is 7.79. The smallest absolute Gasteiger partial charge is 0.248 e. The molecule has 27 heavy (non-hydrogen) atoms. The normalized spacial score (nSPS) is 23.3. The minimum Gasteiger partial charge on any atom is -0.313 e. The number of nitrogens with zero attached hydrogens (tertiary/aromatic N) is 2. The van der Waals surface area contributed by atoms with Gasteiger partial charge in [0.2, 0.25) is 5.91 Å². The van der Waals surface area contributed by atoms with Gasteiger partial charge < -0.3 is 4.57 Å². The highest BCUT2D eigenvalue weighted by molar-refractivity contribution is 7.79. The molecule has 0 unspecified atom stereocenters. The van der Waals surface area contributed by atoms with Crippen LogP contribution in [0.2, 0.25) is 0 Å². The van der Waals surface area contributed by atoms with Gasteiger partial charge in [0, 0.05) is 23.1 Å². The number of hydrogen-bond acceptors (Lipinski definition) is 4. The highest BCUT2D eigenvalue weighted by atomic mass is 31.2. The number of fused-ring (bicyclic) bond motifs is 3. The van der Waals surface area contributed by atoms with E-state index in [4.69, 9.17) is 0 Å². The van der Waals surface area contributed by atoms with Crippen molar-refractivity contribution in [2.24, 2.45) is 11.0 Å². The van der Waals surface area contributed by atoms with E-state index in [0.29, 0.717) is 16.5 Å². The summed E-state index contributed by atoms with van der Waals surface area (Å²) in [5.74, 6) is 0.181. The molecule has 0 radical (unpaired) electrons. The summed E-state index contributed by atoms with van der Waals surface area (Å²) in [6, 6.07) is 18.5. The molecule has 1 N–H and O–H groups in total. The topological polar surface area (TPSA) is 61.8 Å². The van der Waals surface area contributed by atoms with E-state index in [9.17, 15) is 9.36 Å². The number of rotatable bonds is 5. The largest absolute Gasteiger partial charge is 0.313 e. The maximum absolute atomic E-state index is 13.9. The highest BCUT2D eigenvalue weighted by Gasteiger charge is 2.32. The maximum atomic E-state index is 13.9. The van der Waals surface area contributed by atoms with Crippen LogP contribution in [0.15, 0.2) is 65.8 Å². The lowest BCUT2D eigenvalue weighted by atomic mass is 9.87. The molecule has 5 nitrogen and oxygen atoms in total. The molecule has 0 atom stereocenters. The van der Waals surface area contributed by atoms with Gasteiger partial charge in [-0.25, -0.2) is 5.43 Å². The summed E-state index contributed by atoms with van der Waals surface area (Å²) in [6.45, 7) is 3.07. The molecule has 6 heteroatoms. The van der Waals surface area contributed by atoms with E-state index in [1.54, 1.807) is 0 Å². The fraction of sp³-hybridized carbons (Fsp3) is 0.333. The molecule has 3 aliphatic rings. The minimum absolute atomic E-state index is 0.0772. The molecule has 140 valence electrons. The summed E-state index contributed by atoms with van der Waals surface area (Å²) in [6.07, 6.45) is 2.15. The molecule has 0 aromatic heterocycles. The van der Waals surface area contributed by atoms with Crippen molar-refractivity contribution in [3.63, 3.8) is 0 Å². The van der Waals surface area contributed by atoms with Crippen molar-refractivity contribution in [3.05, 3.63) is 60.7 Å². The van der Waals surface area contributed by atoms with Crippen LogP contribution in [-0.2, 0) is 9.36 Å². The summed E-state index contributed by atoms with van der Waals surface area (Å²) in [4.78, 5) is 15.0. The zero-order valence-corrected chi connectivity index (χ0v) is 16.1. The Morgan fingerprint density at radius 2 is 1.56 bits per heavy atom. The average Bonchev–Trinajstić information content (AvgIpc) is 2.74. The lowest BCUT2D eigenvalue weighted by Gasteiger charge is -2.39. The van der Waals surface area contributed by atoms with E-state index < -0.39 is 7.14 Å². The number of hydrogen-bond donors (Lipinski definition) is 1. The number of nitrogens with one attached hydrogen (secondary N) is 1. The van der Waals surface area contributed by atoms with Gasteiger partial charge in [0.1, 0.15) is 0 Å². The van der Waals surface area contributed by atoms with Gasteiger partial charge in [-0.2, -0.15) is 5.10 Å². The van der Waals surface area contributed by atoms with Gasteiger partial charge in [-0.15, -0.1) is 0 Å². The summed E-state index contributed by atoms with van der Waals surface area (Å²) >= 11 is 0. The first-order chi connectivity index (χ1) is 13.1. The SMILES string of the molecule is O=C(CP(=O)(c1ccccc1)c1ccccc1)N/N=C1/CN2CCC1CC2. The number of carbonyl (C=O) groups is 1. The van der Waals surface area contributed by atoms with Crippen molar-refractivity contribution in [2.45, 2.75) is 12.8 Å². The van der Waals surface area contributed by atoms with E-state index in [0.717, 1.165) is 38.2 Å². The second-order valence-corrected chi connectivity index (χ2v) is 10.1. The van der Waals surface area contributed by atoms with Crippen LogP contribution in [0.4, 0.5) is 0 Å². The van der Waals surface area contributed by atoms with E-state index in [1.165, 1.54) is 0 Å². The number of hydrazone groups is 1. The monoisotopic (exact) mass is 381 g/mol. The molecular formula is C21H24N3O2P. The first kappa shape index (κ1) is 18.1. The molecule has 3 saturated heterocycles. The van der Waals surface area contributed by atoms with Gasteiger partial charge in [0.05, 0.1) is 11.9 Å². The minimum atomic E-state index is -3.06. The molecular weight excluding hydrogens is 357 g/mol. The predicted molar refractivity (Wildman–Crippen MR) is 109 cm³/mol. The zero-order chi connectivity index (χ0) is 18.7. The lowest BCUT2D eigenvalue weighted by molar-refractivity contribution is -0.118. The molecule has 2 aromatic carbocycles. The van der Waals surface area contributed by atoms with Crippen molar-refractivity contribution in [2.75, 3.05) is 25.8 Å². The molecule has 3 heterocycles. The van der Waals surface area contributed by atoms with Gasteiger partial charge in [0.25, 0.3) is 0 Å². The highest BCUT2D eigenvalue weighted by Crippen LogP contribution is 2.42. The summed E-state index contributed by atoms with van der Waals surface area (Å²) in [7, 11) is -3.06. The molecule has 0 saturated carbocycles. The van der Waals surface area contributed by atoms with Crippen LogP contribution in [0.3, 0.4) is 0 Å². The summed E-state index contributed by atoms with van der Waals surface area (Å²) < 4.78 is 13.9. The Bertz CT molecular complexity index is 831. The fourth-order valence-corrected chi connectivity index (χ4v) is 6.40. The van der Waals surface area contributed by atoms with E-state index in [2.05, 4.69) is 15.4 Å². The first-order valence-corrected chi connectivity index (χ1v) is 11.3. The van der Waals surface area contributed by atoms with Gasteiger partial charge in [-0.1, -0.05) is 60.7 Å². The quantitative estimate of drug-likeness (QED) is 0.638. The standard InChI is InChI=1S/C21H24N3O2P/c25-21(23-22-20-15-24-13-11-17(20)12-14-24)16-27(26,18-7-3-1-4-8-18)19-9-5-2-6-10-19/h1-10,17H,11-16H2,(H,23,25)/b22-20-. The van der Waals surface area contributed by atoms with Crippen LogP contribution >= 0.6 is 7.14 Å². The van der Waals surface area contributed by atoms with Gasteiger partial charge in [-0.3, -0.25) is 9.69 Å². The molecule has 3 fully saturated rings. The van der Waals surface area contributed by atoms with Crippen LogP contribution in [0.5, 0.6) is 0 Å². The van der Waals surface area contributed by atoms with Crippen molar-refractivity contribution < 1.29 is 9.36 Å². The Kier molecular flexibility index (Phi) is 5.24. The van der Waals surface area contributed by atoms with Gasteiger partial charge >= 0.3 is 0 Å². The first-order valence-electron chi connectivity index (χ1n) is 9.43. The fourth-order valence-electron chi connectivity index (χ4n) is 3.95. The molecule has 1 amide bonds. The number of piperidine rings is 3. The molecule has 2 bridgehead atoms. The Morgan fingerprint density at radius 3 is 2.04 bits per heavy atom. The van der Waals surface area contributed by atoms with Crippen LogP contribution in [0.25, 0.3) is 0 Å². The van der Waals surface area contributed by atoms with Crippen molar-refractivity contribution in [1.29, 1.82) is 0 Å². The van der Waals surface area contributed by atoms with Crippen molar-refractivity contribution >= 4 is 29.4 Å². The zero-order valence-electron chi connectivity index (χ0n) is 15.3. The predicted octanol–water partition coefficient (Wildman–Crippen LogP) is 2.20. The Morgan fingerprint density at radius 1 is 1.00 bits per heavy atom. The van der Waals surface area contributed by atoms with Crippen molar-refractivity contribution in [1.82, 2.24) is 10.3 Å². The second-order valence-electron chi connectivity index (χ2n) is 7.26. The van der Waals surface area contributed by atoms with Crippen LogP contribution in [-0.4, -0.2) is 42.3 Å². The Hall–Kier alpha value is -2.23. The summed E-state index contributed by atoms with van der Waals surface area (Å²) in [5, 5.41) is 5.78. The maximum Gasteiger partial charge on any atom is 0.248 e. The Balaban J connectivity index is 1.54. The Labute approximate surface area is 159 Å². The number of amides is 1. The van der Waals surface area contributed by atoms with E-state index in [-0.39, 0.29) is 12.1 Å².